The second-order valence-electron chi connectivity index (χ2n) is 5.15. The van der Waals surface area contributed by atoms with Crippen LogP contribution in [0.4, 0.5) is 0 Å². The van der Waals surface area contributed by atoms with Crippen molar-refractivity contribution >= 4 is 40.2 Å². The van der Waals surface area contributed by atoms with Gasteiger partial charge in [-0.25, -0.2) is 0 Å². The highest BCUT2D eigenvalue weighted by atomic mass is 33.5. The lowest BCUT2D eigenvalue weighted by Crippen LogP contribution is -2.45. The minimum atomic E-state index is -2.40. The molecule has 0 spiro atoms. The zero-order chi connectivity index (χ0) is 17.2. The first-order chi connectivity index (χ1) is 11.2. The molecule has 0 radical (unpaired) electrons. The number of unbranched alkanes of at least 4 members (excludes halogenated alkanes) is 5. The minimum Gasteiger partial charge on any atom is -0.374 e. The van der Waals surface area contributed by atoms with Crippen LogP contribution in [0.2, 0.25) is 6.04 Å². The molecule has 0 atom stereocenters. The summed E-state index contributed by atoms with van der Waals surface area (Å²) in [4.78, 5) is 0. The smallest absolute Gasteiger partial charge is 0.374 e. The van der Waals surface area contributed by atoms with Crippen molar-refractivity contribution in [3.8, 4) is 0 Å². The maximum atomic E-state index is 5.89. The summed E-state index contributed by atoms with van der Waals surface area (Å²) < 4.78 is 17.7. The van der Waals surface area contributed by atoms with Crippen LogP contribution in [-0.4, -0.2) is 40.1 Å². The lowest BCUT2D eigenvalue weighted by molar-refractivity contribution is 0.0706. The topological polar surface area (TPSA) is 27.7 Å². The van der Waals surface area contributed by atoms with Crippen molar-refractivity contribution in [2.24, 2.45) is 0 Å². The predicted molar refractivity (Wildman–Crippen MR) is 111 cm³/mol. The first-order valence-corrected chi connectivity index (χ1v) is 14.8. The van der Waals surface area contributed by atoms with Crippen LogP contribution in [0.5, 0.6) is 0 Å². The van der Waals surface area contributed by atoms with Crippen LogP contribution in [-0.2, 0) is 13.3 Å². The standard InChI is InChI=1S/C16H36O3S3Si/c1-5-17-23(18-6-2,19-7-3)16-14-12-10-9-11-13-15-21-22-20-8-4/h5-16H2,1-4H3. The Balaban J connectivity index is 3.65. The van der Waals surface area contributed by atoms with Gasteiger partial charge in [-0.2, -0.15) is 0 Å². The third-order valence-corrected chi connectivity index (χ3v) is 10.8. The molecule has 0 aliphatic carbocycles. The van der Waals surface area contributed by atoms with Gasteiger partial charge in [0.2, 0.25) is 0 Å². The molecule has 0 saturated carbocycles. The van der Waals surface area contributed by atoms with E-state index in [2.05, 4.69) is 6.92 Å². The van der Waals surface area contributed by atoms with Crippen molar-refractivity contribution in [1.29, 1.82) is 0 Å². The molecular formula is C16H36O3S3Si. The molecule has 0 aromatic rings. The van der Waals surface area contributed by atoms with Crippen LogP contribution in [0.3, 0.4) is 0 Å². The largest absolute Gasteiger partial charge is 0.500 e. The van der Waals surface area contributed by atoms with Gasteiger partial charge in [0.05, 0.1) is 0 Å². The van der Waals surface area contributed by atoms with E-state index in [1.165, 1.54) is 43.6 Å². The van der Waals surface area contributed by atoms with E-state index in [1.54, 1.807) is 0 Å². The van der Waals surface area contributed by atoms with E-state index in [4.69, 9.17) is 13.3 Å². The van der Waals surface area contributed by atoms with Gasteiger partial charge in [0, 0.05) is 37.4 Å². The second kappa shape index (κ2) is 18.0. The van der Waals surface area contributed by atoms with Gasteiger partial charge in [0.15, 0.2) is 0 Å². The van der Waals surface area contributed by atoms with E-state index in [9.17, 15) is 0 Å². The number of hydrogen-bond acceptors (Lipinski definition) is 6. The van der Waals surface area contributed by atoms with Gasteiger partial charge in [0.25, 0.3) is 0 Å². The minimum absolute atomic E-state index is 0.679. The summed E-state index contributed by atoms with van der Waals surface area (Å²) >= 11 is 0. The molecule has 3 nitrogen and oxygen atoms in total. The molecule has 0 heterocycles. The summed E-state index contributed by atoms with van der Waals surface area (Å²) in [5.74, 6) is 2.49. The quantitative estimate of drug-likeness (QED) is 0.150. The molecular weight excluding hydrogens is 364 g/mol. The van der Waals surface area contributed by atoms with E-state index in [0.717, 1.165) is 12.5 Å². The molecule has 0 bridgehead atoms. The van der Waals surface area contributed by atoms with Crippen molar-refractivity contribution in [3.05, 3.63) is 0 Å². The van der Waals surface area contributed by atoms with Crippen LogP contribution >= 0.6 is 31.4 Å². The predicted octanol–water partition coefficient (Wildman–Crippen LogP) is 6.42. The van der Waals surface area contributed by atoms with E-state index in [0.29, 0.717) is 19.8 Å². The first kappa shape index (κ1) is 24.1. The van der Waals surface area contributed by atoms with Crippen molar-refractivity contribution in [2.75, 3.05) is 31.3 Å². The Bertz CT molecular complexity index is 232. The van der Waals surface area contributed by atoms with Crippen LogP contribution < -0.4 is 0 Å². The zero-order valence-electron chi connectivity index (χ0n) is 15.4. The molecule has 0 aliphatic rings. The van der Waals surface area contributed by atoms with Crippen LogP contribution in [0.1, 0.15) is 66.2 Å². The molecule has 0 unspecified atom stereocenters. The lowest BCUT2D eigenvalue weighted by Gasteiger charge is -2.28. The summed E-state index contributed by atoms with van der Waals surface area (Å²) in [6.45, 7) is 10.3. The van der Waals surface area contributed by atoms with Crippen molar-refractivity contribution < 1.29 is 13.3 Å². The molecule has 0 aromatic carbocycles. The van der Waals surface area contributed by atoms with Gasteiger partial charge >= 0.3 is 8.80 Å². The fourth-order valence-electron chi connectivity index (χ4n) is 2.33. The zero-order valence-corrected chi connectivity index (χ0v) is 18.9. The monoisotopic (exact) mass is 400 g/mol. The van der Waals surface area contributed by atoms with E-state index >= 15 is 0 Å². The van der Waals surface area contributed by atoms with Crippen molar-refractivity contribution in [2.45, 2.75) is 72.3 Å². The van der Waals surface area contributed by atoms with Crippen molar-refractivity contribution in [3.63, 3.8) is 0 Å². The Morgan fingerprint density at radius 1 is 0.652 bits per heavy atom. The van der Waals surface area contributed by atoms with Crippen LogP contribution in [0.15, 0.2) is 0 Å². The molecule has 0 saturated heterocycles. The average molecular weight is 401 g/mol. The SMILES string of the molecule is CCO[Si](CCCCCCCCSSSCC)(OCC)OCC. The van der Waals surface area contributed by atoms with E-state index < -0.39 is 8.80 Å². The maximum Gasteiger partial charge on any atom is 0.500 e. The summed E-state index contributed by atoms with van der Waals surface area (Å²) in [7, 11) is 3.49. The Kier molecular flexibility index (Phi) is 18.8. The Labute approximate surface area is 156 Å². The summed E-state index contributed by atoms with van der Waals surface area (Å²) in [6, 6.07) is 0.962. The molecule has 0 rings (SSSR count). The first-order valence-electron chi connectivity index (χ1n) is 9.07. The van der Waals surface area contributed by atoms with Crippen molar-refractivity contribution in [1.82, 2.24) is 0 Å². The van der Waals surface area contributed by atoms with E-state index in [1.807, 2.05) is 52.2 Å². The Hall–Kier alpha value is 1.15. The van der Waals surface area contributed by atoms with Gasteiger partial charge in [-0.1, -0.05) is 54.2 Å². The molecule has 0 aliphatic heterocycles. The summed E-state index contributed by atoms with van der Waals surface area (Å²) in [5.41, 5.74) is 0. The molecule has 140 valence electrons. The number of hydrogen-bond donors (Lipinski definition) is 0. The number of rotatable bonds is 18. The van der Waals surface area contributed by atoms with Crippen LogP contribution in [0.25, 0.3) is 0 Å². The normalized spacial score (nSPS) is 12.0. The third kappa shape index (κ3) is 14.0. The third-order valence-electron chi connectivity index (χ3n) is 3.27. The second-order valence-corrected chi connectivity index (χ2v) is 12.5. The van der Waals surface area contributed by atoms with Gasteiger partial charge in [0.1, 0.15) is 0 Å². The fourth-order valence-corrected chi connectivity index (χ4v) is 8.71. The van der Waals surface area contributed by atoms with E-state index in [-0.39, 0.29) is 0 Å². The van der Waals surface area contributed by atoms with Gasteiger partial charge in [-0.05, 0) is 43.4 Å². The molecule has 0 fully saturated rings. The average Bonchev–Trinajstić information content (AvgIpc) is 2.53. The molecule has 0 aromatic heterocycles. The fraction of sp³-hybridized carbons (Fsp3) is 1.00. The summed E-state index contributed by atoms with van der Waals surface area (Å²) in [6.07, 6.45) is 7.78. The molecule has 0 N–H and O–H groups in total. The highest BCUT2D eigenvalue weighted by Crippen LogP contribution is 2.34. The van der Waals surface area contributed by atoms with Gasteiger partial charge in [-0.3, -0.25) is 0 Å². The highest BCUT2D eigenvalue weighted by Gasteiger charge is 2.39. The van der Waals surface area contributed by atoms with Crippen LogP contribution in [0, 0.1) is 0 Å². The van der Waals surface area contributed by atoms with Gasteiger partial charge < -0.3 is 13.3 Å². The van der Waals surface area contributed by atoms with Gasteiger partial charge in [-0.15, -0.1) is 0 Å². The summed E-state index contributed by atoms with van der Waals surface area (Å²) in [5, 5.41) is 0. The lowest BCUT2D eigenvalue weighted by atomic mass is 10.1. The maximum absolute atomic E-state index is 5.89. The molecule has 23 heavy (non-hydrogen) atoms. The highest BCUT2D eigenvalue weighted by molar-refractivity contribution is 9.09. The Morgan fingerprint density at radius 2 is 1.17 bits per heavy atom. The Morgan fingerprint density at radius 3 is 1.70 bits per heavy atom. The molecule has 7 heteroatoms. The molecule has 0 amide bonds.